The van der Waals surface area contributed by atoms with Gasteiger partial charge in [-0.3, -0.25) is 9.69 Å². The molecule has 1 heterocycles. The minimum atomic E-state index is -0.684. The van der Waals surface area contributed by atoms with Gasteiger partial charge in [-0.15, -0.1) is 0 Å². The normalized spacial score (nSPS) is 19.2. The Bertz CT molecular complexity index is 992. The number of anilines is 1. The van der Waals surface area contributed by atoms with Gasteiger partial charge >= 0.3 is 0 Å². The maximum absolute atomic E-state index is 13.1. The van der Waals surface area contributed by atoms with Crippen molar-refractivity contribution >= 4 is 11.6 Å². The Morgan fingerprint density at radius 3 is 2.85 bits per heavy atom. The van der Waals surface area contributed by atoms with E-state index in [2.05, 4.69) is 10.2 Å². The second kappa shape index (κ2) is 10.8. The van der Waals surface area contributed by atoms with Crippen molar-refractivity contribution in [3.63, 3.8) is 0 Å². The molecule has 1 aliphatic heterocycles. The molecule has 33 heavy (non-hydrogen) atoms. The summed E-state index contributed by atoms with van der Waals surface area (Å²) < 4.78 is 24.9. The van der Waals surface area contributed by atoms with Crippen molar-refractivity contribution in [2.45, 2.75) is 44.8 Å². The van der Waals surface area contributed by atoms with Crippen LogP contribution in [0, 0.1) is 12.7 Å². The van der Waals surface area contributed by atoms with Crippen LogP contribution in [0.3, 0.4) is 0 Å². The monoisotopic (exact) mass is 454 g/mol. The highest BCUT2D eigenvalue weighted by molar-refractivity contribution is 6.04. The molecule has 2 N–H and O–H groups in total. The van der Waals surface area contributed by atoms with Crippen molar-refractivity contribution in [1.29, 1.82) is 0 Å². The summed E-state index contributed by atoms with van der Waals surface area (Å²) in [5, 5.41) is 13.5. The molecule has 2 aromatic carbocycles. The van der Waals surface area contributed by atoms with E-state index in [4.69, 9.17) is 9.47 Å². The number of hydrogen-bond donors (Lipinski definition) is 2. The summed E-state index contributed by atoms with van der Waals surface area (Å²) in [7, 11) is 0. The van der Waals surface area contributed by atoms with E-state index >= 15 is 0 Å². The second-order valence-corrected chi connectivity index (χ2v) is 8.78. The van der Waals surface area contributed by atoms with Crippen LogP contribution in [0.4, 0.5) is 10.1 Å². The van der Waals surface area contributed by atoms with Gasteiger partial charge in [0, 0.05) is 25.2 Å². The quantitative estimate of drug-likeness (QED) is 0.598. The third-order valence-electron chi connectivity index (χ3n) is 5.96. The van der Waals surface area contributed by atoms with Gasteiger partial charge in [0.05, 0.1) is 5.69 Å². The van der Waals surface area contributed by atoms with Crippen molar-refractivity contribution in [2.24, 2.45) is 0 Å². The molecule has 2 aliphatic rings. The standard InChI is InChI=1S/C26H31FN2O4/c1-18-6-11-24(28-26(31)19-4-2-3-5-19)25(14-18)32-17-21(30)15-29-13-12-23(16-29)33-22-9-7-20(27)8-10-22/h4,6-11,14,21,23,30H,2-3,5,12-13,15-17H2,1H3,(H,28,31). The third-order valence-corrected chi connectivity index (χ3v) is 5.96. The van der Waals surface area contributed by atoms with Crippen LogP contribution < -0.4 is 14.8 Å². The molecule has 1 fully saturated rings. The molecule has 2 atom stereocenters. The number of ether oxygens (including phenoxy) is 2. The largest absolute Gasteiger partial charge is 0.489 e. The second-order valence-electron chi connectivity index (χ2n) is 8.78. The smallest absolute Gasteiger partial charge is 0.251 e. The van der Waals surface area contributed by atoms with Crippen LogP contribution in [0.1, 0.15) is 31.2 Å². The van der Waals surface area contributed by atoms with Gasteiger partial charge in [0.1, 0.15) is 36.1 Å². The molecule has 4 rings (SSSR count). The third kappa shape index (κ3) is 6.55. The summed E-state index contributed by atoms with van der Waals surface area (Å²) in [6.07, 6.45) is 4.90. The molecule has 0 spiro atoms. The van der Waals surface area contributed by atoms with Crippen LogP contribution in [-0.4, -0.2) is 54.4 Å². The van der Waals surface area contributed by atoms with Gasteiger partial charge in [0.2, 0.25) is 0 Å². The first-order valence-corrected chi connectivity index (χ1v) is 11.5. The number of amides is 1. The van der Waals surface area contributed by atoms with Crippen LogP contribution in [0.25, 0.3) is 0 Å². The fourth-order valence-electron chi connectivity index (χ4n) is 4.23. The number of aliphatic hydroxyl groups excluding tert-OH is 1. The van der Waals surface area contributed by atoms with Crippen LogP contribution in [-0.2, 0) is 4.79 Å². The Kier molecular flexibility index (Phi) is 7.62. The maximum Gasteiger partial charge on any atom is 0.251 e. The molecule has 0 bridgehead atoms. The number of likely N-dealkylation sites (tertiary alicyclic amines) is 1. The first-order valence-electron chi connectivity index (χ1n) is 11.5. The summed E-state index contributed by atoms with van der Waals surface area (Å²) >= 11 is 0. The van der Waals surface area contributed by atoms with Crippen molar-refractivity contribution in [2.75, 3.05) is 31.6 Å². The van der Waals surface area contributed by atoms with Crippen molar-refractivity contribution in [1.82, 2.24) is 4.90 Å². The van der Waals surface area contributed by atoms with Crippen LogP contribution in [0.15, 0.2) is 54.1 Å². The minimum absolute atomic E-state index is 0.00654. The number of nitrogens with zero attached hydrogens (tertiary/aromatic N) is 1. The Morgan fingerprint density at radius 1 is 1.27 bits per heavy atom. The fraction of sp³-hybridized carbons (Fsp3) is 0.423. The lowest BCUT2D eigenvalue weighted by atomic mass is 10.2. The number of rotatable bonds is 9. The molecule has 0 aromatic heterocycles. The Labute approximate surface area is 194 Å². The molecule has 2 aromatic rings. The molecular weight excluding hydrogens is 423 g/mol. The van der Waals surface area contributed by atoms with E-state index in [0.717, 1.165) is 43.4 Å². The summed E-state index contributed by atoms with van der Waals surface area (Å²) in [4.78, 5) is 14.6. The Balaban J connectivity index is 1.26. The van der Waals surface area contributed by atoms with Gasteiger partial charge in [-0.05, 0) is 74.6 Å². The zero-order chi connectivity index (χ0) is 23.2. The van der Waals surface area contributed by atoms with E-state index in [1.807, 2.05) is 31.2 Å². The van der Waals surface area contributed by atoms with Gasteiger partial charge in [-0.2, -0.15) is 0 Å². The number of nitrogens with one attached hydrogen (secondary N) is 1. The van der Waals surface area contributed by atoms with Gasteiger partial charge in [0.25, 0.3) is 5.91 Å². The predicted molar refractivity (Wildman–Crippen MR) is 125 cm³/mol. The molecule has 7 heteroatoms. The van der Waals surface area contributed by atoms with Gasteiger partial charge in [-0.1, -0.05) is 12.1 Å². The van der Waals surface area contributed by atoms with E-state index in [-0.39, 0.29) is 24.4 Å². The first-order chi connectivity index (χ1) is 16.0. The SMILES string of the molecule is Cc1ccc(NC(=O)C2=CCCC2)c(OCC(O)CN2CCC(Oc3ccc(F)cc3)C2)c1. The van der Waals surface area contributed by atoms with Crippen molar-refractivity contribution < 1.29 is 23.8 Å². The number of hydrogen-bond acceptors (Lipinski definition) is 5. The number of aryl methyl sites for hydroxylation is 1. The number of allylic oxidation sites excluding steroid dienone is 1. The molecule has 1 aliphatic carbocycles. The zero-order valence-corrected chi connectivity index (χ0v) is 18.9. The van der Waals surface area contributed by atoms with Gasteiger partial charge in [0.15, 0.2) is 0 Å². The highest BCUT2D eigenvalue weighted by atomic mass is 19.1. The highest BCUT2D eigenvalue weighted by Crippen LogP contribution is 2.28. The van der Waals surface area contributed by atoms with E-state index in [1.165, 1.54) is 12.1 Å². The van der Waals surface area contributed by atoms with Gasteiger partial charge in [-0.25, -0.2) is 4.39 Å². The molecule has 1 amide bonds. The Hall–Kier alpha value is -2.90. The summed E-state index contributed by atoms with van der Waals surface area (Å²) in [5.41, 5.74) is 2.44. The number of carbonyl (C=O) groups excluding carboxylic acids is 1. The van der Waals surface area contributed by atoms with E-state index < -0.39 is 6.10 Å². The van der Waals surface area contributed by atoms with E-state index in [0.29, 0.717) is 30.3 Å². The number of halogens is 1. The Morgan fingerprint density at radius 2 is 2.09 bits per heavy atom. The number of β-amino-alcohol motifs (C(OH)–C–C–N with tert-alkyl or cyclic N) is 1. The summed E-state index contributed by atoms with van der Waals surface area (Å²) in [5.74, 6) is 0.825. The maximum atomic E-state index is 13.1. The zero-order valence-electron chi connectivity index (χ0n) is 18.9. The van der Waals surface area contributed by atoms with Crippen LogP contribution in [0.5, 0.6) is 11.5 Å². The predicted octanol–water partition coefficient (Wildman–Crippen LogP) is 4.08. The summed E-state index contributed by atoms with van der Waals surface area (Å²) in [6, 6.07) is 11.7. The molecule has 6 nitrogen and oxygen atoms in total. The lowest BCUT2D eigenvalue weighted by Crippen LogP contribution is -2.35. The lowest BCUT2D eigenvalue weighted by molar-refractivity contribution is -0.112. The fourth-order valence-corrected chi connectivity index (χ4v) is 4.23. The highest BCUT2D eigenvalue weighted by Gasteiger charge is 2.26. The topological polar surface area (TPSA) is 71.0 Å². The van der Waals surface area contributed by atoms with Crippen LogP contribution in [0.2, 0.25) is 0 Å². The molecule has 1 saturated heterocycles. The lowest BCUT2D eigenvalue weighted by Gasteiger charge is -2.21. The molecular formula is C26H31FN2O4. The van der Waals surface area contributed by atoms with Crippen LogP contribution >= 0.6 is 0 Å². The number of aliphatic hydroxyl groups is 1. The minimum Gasteiger partial charge on any atom is -0.489 e. The molecule has 0 radical (unpaired) electrons. The average molecular weight is 455 g/mol. The number of benzene rings is 2. The van der Waals surface area contributed by atoms with Gasteiger partial charge < -0.3 is 19.9 Å². The summed E-state index contributed by atoms with van der Waals surface area (Å²) in [6.45, 7) is 4.04. The van der Waals surface area contributed by atoms with Crippen molar-refractivity contribution in [3.8, 4) is 11.5 Å². The van der Waals surface area contributed by atoms with Crippen molar-refractivity contribution in [3.05, 3.63) is 65.5 Å². The number of carbonyl (C=O) groups is 1. The molecule has 2 unspecified atom stereocenters. The average Bonchev–Trinajstić information content (AvgIpc) is 3.48. The van der Waals surface area contributed by atoms with E-state index in [1.54, 1.807) is 12.1 Å². The molecule has 0 saturated carbocycles. The van der Waals surface area contributed by atoms with E-state index in [9.17, 15) is 14.3 Å². The first kappa shape index (κ1) is 23.3. The molecule has 176 valence electrons.